The molecule has 0 saturated carbocycles. The average Bonchev–Trinajstić information content (AvgIpc) is 2.33. The third kappa shape index (κ3) is 3.45. The van der Waals surface area contributed by atoms with E-state index in [0.717, 1.165) is 0 Å². The maximum absolute atomic E-state index is 13.7. The first-order valence-electron chi connectivity index (χ1n) is 6.39. The summed E-state index contributed by atoms with van der Waals surface area (Å²) < 4.78 is 70.4. The van der Waals surface area contributed by atoms with Gasteiger partial charge < -0.3 is 10.1 Å². The molecule has 0 amide bonds. The summed E-state index contributed by atoms with van der Waals surface area (Å²) in [5.41, 5.74) is 0.900. The molecule has 0 fully saturated rings. The highest BCUT2D eigenvalue weighted by Gasteiger charge is 2.62. The minimum Gasteiger partial charge on any atom is -0.496 e. The highest BCUT2D eigenvalue weighted by Crippen LogP contribution is 2.45. The molecule has 1 aromatic carbocycles. The number of halogens is 5. The van der Waals surface area contributed by atoms with Crippen molar-refractivity contribution < 1.29 is 26.7 Å². The van der Waals surface area contributed by atoms with Gasteiger partial charge in [-0.2, -0.15) is 22.0 Å². The van der Waals surface area contributed by atoms with Crippen molar-refractivity contribution in [1.29, 1.82) is 0 Å². The van der Waals surface area contributed by atoms with Gasteiger partial charge in [0.1, 0.15) is 11.8 Å². The fourth-order valence-corrected chi connectivity index (χ4v) is 2.30. The number of alkyl halides is 5. The molecule has 0 aliphatic carbocycles. The fourth-order valence-electron chi connectivity index (χ4n) is 2.30. The number of hydrogen-bond acceptors (Lipinski definition) is 2. The van der Waals surface area contributed by atoms with Crippen molar-refractivity contribution in [2.75, 3.05) is 13.7 Å². The SMILES string of the molecule is CCNC(c1cc(C)c(OC)c(C)c1)C(F)(F)C(F)(F)F. The first-order chi connectivity index (χ1) is 9.56. The summed E-state index contributed by atoms with van der Waals surface area (Å²) >= 11 is 0. The molecule has 0 spiro atoms. The van der Waals surface area contributed by atoms with E-state index in [1.54, 1.807) is 13.8 Å². The molecule has 0 saturated heterocycles. The number of benzene rings is 1. The molecular formula is C14H18F5NO. The van der Waals surface area contributed by atoms with E-state index in [-0.39, 0.29) is 12.1 Å². The minimum atomic E-state index is -5.62. The molecule has 0 heterocycles. The van der Waals surface area contributed by atoms with Gasteiger partial charge in [0, 0.05) is 0 Å². The van der Waals surface area contributed by atoms with Gasteiger partial charge in [0.05, 0.1) is 7.11 Å². The standard InChI is InChI=1S/C14H18F5NO/c1-5-20-12(13(15,16)14(17,18)19)10-6-8(2)11(21-4)9(3)7-10/h6-7,12,20H,5H2,1-4H3. The molecule has 0 aliphatic rings. The van der Waals surface area contributed by atoms with Crippen LogP contribution in [0.25, 0.3) is 0 Å². The summed E-state index contributed by atoms with van der Waals surface area (Å²) in [6, 6.07) is 0.447. The Balaban J connectivity index is 3.37. The van der Waals surface area contributed by atoms with Crippen LogP contribution in [0.3, 0.4) is 0 Å². The van der Waals surface area contributed by atoms with E-state index in [1.165, 1.54) is 26.2 Å². The Kier molecular flexibility index (Phi) is 5.20. The molecule has 7 heteroatoms. The highest BCUT2D eigenvalue weighted by molar-refractivity contribution is 5.44. The van der Waals surface area contributed by atoms with E-state index in [0.29, 0.717) is 16.9 Å². The van der Waals surface area contributed by atoms with Crippen molar-refractivity contribution >= 4 is 0 Å². The van der Waals surface area contributed by atoms with Crippen LogP contribution in [0.1, 0.15) is 29.7 Å². The van der Waals surface area contributed by atoms with Gasteiger partial charge in [-0.3, -0.25) is 0 Å². The zero-order valence-corrected chi connectivity index (χ0v) is 12.2. The van der Waals surface area contributed by atoms with Crippen molar-refractivity contribution in [3.63, 3.8) is 0 Å². The molecule has 0 aromatic heterocycles. The number of aryl methyl sites for hydroxylation is 2. The van der Waals surface area contributed by atoms with Crippen molar-refractivity contribution in [2.45, 2.75) is 38.9 Å². The quantitative estimate of drug-likeness (QED) is 0.825. The Labute approximate surface area is 120 Å². The van der Waals surface area contributed by atoms with E-state index in [9.17, 15) is 22.0 Å². The molecule has 21 heavy (non-hydrogen) atoms. The second-order valence-corrected chi connectivity index (χ2v) is 4.80. The Morgan fingerprint density at radius 3 is 1.90 bits per heavy atom. The third-order valence-corrected chi connectivity index (χ3v) is 3.17. The lowest BCUT2D eigenvalue weighted by Crippen LogP contribution is -2.48. The minimum absolute atomic E-state index is 0.0134. The smallest absolute Gasteiger partial charge is 0.455 e. The summed E-state index contributed by atoms with van der Waals surface area (Å²) in [5, 5.41) is 2.23. The Bertz CT molecular complexity index is 476. The molecule has 1 N–H and O–H groups in total. The van der Waals surface area contributed by atoms with Crippen LogP contribution >= 0.6 is 0 Å². The molecule has 1 unspecified atom stereocenters. The highest BCUT2D eigenvalue weighted by atomic mass is 19.4. The van der Waals surface area contributed by atoms with Gasteiger partial charge in [-0.1, -0.05) is 19.1 Å². The summed E-state index contributed by atoms with van der Waals surface area (Å²) in [4.78, 5) is 0. The molecule has 0 radical (unpaired) electrons. The molecule has 120 valence electrons. The predicted molar refractivity (Wildman–Crippen MR) is 69.9 cm³/mol. The lowest BCUT2D eigenvalue weighted by Gasteiger charge is -2.30. The van der Waals surface area contributed by atoms with Gasteiger partial charge in [0.15, 0.2) is 0 Å². The van der Waals surface area contributed by atoms with Crippen LogP contribution < -0.4 is 10.1 Å². The Hall–Kier alpha value is -1.37. The fraction of sp³-hybridized carbons (Fsp3) is 0.571. The predicted octanol–water partition coefficient (Wildman–Crippen LogP) is 4.16. The van der Waals surface area contributed by atoms with Crippen LogP contribution in [0.4, 0.5) is 22.0 Å². The third-order valence-electron chi connectivity index (χ3n) is 3.17. The van der Waals surface area contributed by atoms with E-state index in [4.69, 9.17) is 4.74 Å². The summed E-state index contributed by atoms with van der Waals surface area (Å²) in [7, 11) is 1.42. The maximum atomic E-state index is 13.7. The molecule has 0 aliphatic heterocycles. The maximum Gasteiger partial charge on any atom is 0.455 e. The van der Waals surface area contributed by atoms with Crippen LogP contribution in [0.15, 0.2) is 12.1 Å². The van der Waals surface area contributed by atoms with Crippen LogP contribution in [-0.4, -0.2) is 25.8 Å². The zero-order valence-electron chi connectivity index (χ0n) is 12.2. The molecule has 1 rings (SSSR count). The van der Waals surface area contributed by atoms with E-state index in [1.807, 2.05) is 0 Å². The van der Waals surface area contributed by atoms with Crippen molar-refractivity contribution in [2.24, 2.45) is 0 Å². The second kappa shape index (κ2) is 6.17. The van der Waals surface area contributed by atoms with Gasteiger partial charge in [0.25, 0.3) is 0 Å². The van der Waals surface area contributed by atoms with Crippen molar-refractivity contribution in [1.82, 2.24) is 5.32 Å². The van der Waals surface area contributed by atoms with Gasteiger partial charge in [0.2, 0.25) is 0 Å². The van der Waals surface area contributed by atoms with Crippen LogP contribution in [0.5, 0.6) is 5.75 Å². The average molecular weight is 311 g/mol. The van der Waals surface area contributed by atoms with Crippen LogP contribution in [0, 0.1) is 13.8 Å². The van der Waals surface area contributed by atoms with E-state index >= 15 is 0 Å². The number of methoxy groups -OCH3 is 1. The van der Waals surface area contributed by atoms with Gasteiger partial charge in [-0.05, 0) is 37.1 Å². The van der Waals surface area contributed by atoms with Crippen LogP contribution in [0.2, 0.25) is 0 Å². The van der Waals surface area contributed by atoms with E-state index in [2.05, 4.69) is 5.32 Å². The molecule has 1 atom stereocenters. The topological polar surface area (TPSA) is 21.3 Å². The van der Waals surface area contributed by atoms with Gasteiger partial charge in [-0.25, -0.2) is 0 Å². The number of hydrogen-bond donors (Lipinski definition) is 1. The number of rotatable bonds is 5. The summed E-state index contributed by atoms with van der Waals surface area (Å²) in [6.07, 6.45) is -5.62. The van der Waals surface area contributed by atoms with E-state index < -0.39 is 18.1 Å². The lowest BCUT2D eigenvalue weighted by atomic mass is 9.95. The molecule has 0 bridgehead atoms. The van der Waals surface area contributed by atoms with Crippen molar-refractivity contribution in [3.05, 3.63) is 28.8 Å². The monoisotopic (exact) mass is 311 g/mol. The van der Waals surface area contributed by atoms with Gasteiger partial charge >= 0.3 is 12.1 Å². The summed E-state index contributed by atoms with van der Waals surface area (Å²) in [5.74, 6) is -4.39. The van der Waals surface area contributed by atoms with Crippen molar-refractivity contribution in [3.8, 4) is 5.75 Å². The number of ether oxygens (including phenoxy) is 1. The van der Waals surface area contributed by atoms with Crippen LogP contribution in [-0.2, 0) is 0 Å². The molecule has 2 nitrogen and oxygen atoms in total. The Morgan fingerprint density at radius 2 is 1.57 bits per heavy atom. The Morgan fingerprint density at radius 1 is 1.10 bits per heavy atom. The number of nitrogens with one attached hydrogen (secondary N) is 1. The largest absolute Gasteiger partial charge is 0.496 e. The normalized spacial score (nSPS) is 14.1. The zero-order chi connectivity index (χ0) is 16.4. The van der Waals surface area contributed by atoms with Gasteiger partial charge in [-0.15, -0.1) is 0 Å². The first kappa shape index (κ1) is 17.7. The molecular weight excluding hydrogens is 293 g/mol. The first-order valence-corrected chi connectivity index (χ1v) is 6.39. The lowest BCUT2D eigenvalue weighted by molar-refractivity contribution is -0.294. The summed E-state index contributed by atoms with van der Waals surface area (Å²) in [6.45, 7) is 4.66. The molecule has 1 aromatic rings. The second-order valence-electron chi connectivity index (χ2n) is 4.80.